The Balaban J connectivity index is 0.620. The molecule has 80 heavy (non-hydrogen) atoms. The molecule has 3 heterocycles. The molecule has 15 nitrogen and oxygen atoms in total. The average molecular weight is 1080 g/mol. The molecular formula is C64H62FN3O12. The van der Waals surface area contributed by atoms with Crippen LogP contribution in [0.2, 0.25) is 0 Å². The number of carbonyl (C=O) groups excluding carboxylic acids is 2. The van der Waals surface area contributed by atoms with Gasteiger partial charge in [-0.25, -0.2) is 14.2 Å². The first-order valence-electron chi connectivity index (χ1n) is 26.9. The number of hydrogen-bond donors (Lipinski definition) is 5. The quantitative estimate of drug-likeness (QED) is 0.0175. The van der Waals surface area contributed by atoms with Gasteiger partial charge in [-0.15, -0.1) is 0 Å². The van der Waals surface area contributed by atoms with Gasteiger partial charge in [0.25, 0.3) is 0 Å². The highest BCUT2D eigenvalue weighted by atomic mass is 19.1. The van der Waals surface area contributed by atoms with Gasteiger partial charge >= 0.3 is 5.97 Å². The third-order valence-corrected chi connectivity index (χ3v) is 13.9. The molecule has 1 aliphatic heterocycles. The van der Waals surface area contributed by atoms with Gasteiger partial charge in [0.15, 0.2) is 28.7 Å². The molecule has 5 aromatic carbocycles. The number of aromatic carboxylic acids is 1. The average Bonchev–Trinajstić information content (AvgIpc) is 3.63. The number of amides is 1. The molecule has 0 saturated carbocycles. The third kappa shape index (κ3) is 14.2. The second kappa shape index (κ2) is 26.7. The largest absolute Gasteiger partial charge is 0.508 e. The number of aromatic nitrogens is 2. The van der Waals surface area contributed by atoms with E-state index < -0.39 is 11.8 Å². The van der Waals surface area contributed by atoms with E-state index in [0.29, 0.717) is 77.9 Å². The van der Waals surface area contributed by atoms with Crippen molar-refractivity contribution in [2.45, 2.75) is 70.6 Å². The maximum absolute atomic E-state index is 15.3. The molecule has 0 radical (unpaired) electrons. The first-order chi connectivity index (χ1) is 38.9. The number of carboxylic acid groups (broad SMARTS) is 1. The van der Waals surface area contributed by atoms with Crippen molar-refractivity contribution in [2.24, 2.45) is 0 Å². The van der Waals surface area contributed by atoms with Crippen LogP contribution in [0.5, 0.6) is 23.1 Å². The predicted octanol–water partition coefficient (Wildman–Crippen LogP) is 11.9. The fourth-order valence-electron chi connectivity index (χ4n) is 9.75. The summed E-state index contributed by atoms with van der Waals surface area (Å²) >= 11 is 0. The maximum Gasteiger partial charge on any atom is 0.336 e. The zero-order chi connectivity index (χ0) is 56.0. The molecular weight excluding hydrogens is 1020 g/mol. The summed E-state index contributed by atoms with van der Waals surface area (Å²) < 4.78 is 40.0. The Morgan fingerprint density at radius 2 is 1.43 bits per heavy atom. The first kappa shape index (κ1) is 55.9. The van der Waals surface area contributed by atoms with Crippen molar-refractivity contribution in [3.05, 3.63) is 189 Å². The number of aromatic hydroxyl groups is 3. The Labute approximate surface area is 461 Å². The monoisotopic (exact) mass is 1080 g/mol. The van der Waals surface area contributed by atoms with Gasteiger partial charge in [0, 0.05) is 90.4 Å². The second-order valence-electron chi connectivity index (χ2n) is 19.7. The van der Waals surface area contributed by atoms with E-state index in [4.69, 9.17) is 23.6 Å². The molecule has 0 fully saturated rings. The van der Waals surface area contributed by atoms with Gasteiger partial charge in [-0.2, -0.15) is 0 Å². The predicted molar refractivity (Wildman–Crippen MR) is 302 cm³/mol. The number of carbonyl (C=O) groups is 3. The Hall–Kier alpha value is -8.86. The lowest BCUT2D eigenvalue weighted by Crippen LogP contribution is -2.25. The van der Waals surface area contributed by atoms with Crippen LogP contribution in [-0.4, -0.2) is 87.0 Å². The van der Waals surface area contributed by atoms with Crippen molar-refractivity contribution >= 4 is 34.1 Å². The minimum Gasteiger partial charge on any atom is -0.508 e. The fourth-order valence-corrected chi connectivity index (χ4v) is 9.75. The number of ether oxygens (including phenoxy) is 3. The second-order valence-corrected chi connectivity index (χ2v) is 19.7. The zero-order valence-electron chi connectivity index (χ0n) is 44.1. The maximum atomic E-state index is 15.3. The standard InChI is InChI=1S/C64H62FN3O12/c65-53-34-42(33-45-37-56-54(35-41-11-6-5-7-12-41)67-55(40-68(56)63(45)74)43-15-18-46(69)19-16-43)14-25-58(53)79-29-9-4-2-1-3-8-27-66-61(73)26-30-78-32-31-77-28-10-13-57(72)44-17-22-49(64(75)76)52(36-44)62-50-23-20-47(70)38-59(50)80-60-39-48(71)21-24-51(60)62/h5-7,11-12,14-25,34,36-40,69-70,74H,1-4,8-10,13,26-33,35H2,(H,66,73)(H,75,76). The van der Waals surface area contributed by atoms with E-state index in [2.05, 4.69) is 5.32 Å². The third-order valence-electron chi connectivity index (χ3n) is 13.9. The summed E-state index contributed by atoms with van der Waals surface area (Å²) in [5.41, 5.74) is 6.76. The van der Waals surface area contributed by atoms with Gasteiger partial charge in [0.1, 0.15) is 22.8 Å². The Morgan fingerprint density at radius 1 is 0.662 bits per heavy atom. The number of phenolic OH excluding ortho intramolecular Hbond substituents is 2. The number of nitrogens with zero attached hydrogens (tertiary/aromatic N) is 2. The minimum absolute atomic E-state index is 0.0421. The molecule has 412 valence electrons. The Kier molecular flexibility index (Phi) is 18.6. The molecule has 5 N–H and O–H groups in total. The number of halogens is 1. The highest BCUT2D eigenvalue weighted by Crippen LogP contribution is 2.42. The molecule has 0 spiro atoms. The fraction of sp³-hybridized carbons (Fsp3) is 0.266. The molecule has 2 aromatic heterocycles. The number of ketones is 1. The summed E-state index contributed by atoms with van der Waals surface area (Å²) in [5, 5.41) is 45.0. The van der Waals surface area contributed by atoms with Crippen LogP contribution in [0.15, 0.2) is 149 Å². The van der Waals surface area contributed by atoms with Crippen LogP contribution in [0.3, 0.4) is 0 Å². The van der Waals surface area contributed by atoms with Crippen LogP contribution in [0.25, 0.3) is 50.2 Å². The number of phenols is 2. The molecule has 0 atom stereocenters. The summed E-state index contributed by atoms with van der Waals surface area (Å²) in [5.74, 6) is -1.44. The number of rotatable bonds is 28. The van der Waals surface area contributed by atoms with Crippen LogP contribution in [0.1, 0.15) is 101 Å². The molecule has 1 amide bonds. The summed E-state index contributed by atoms with van der Waals surface area (Å²) in [6, 6.07) is 36.6. The van der Waals surface area contributed by atoms with E-state index in [1.807, 2.05) is 42.5 Å². The van der Waals surface area contributed by atoms with Crippen LogP contribution in [0.4, 0.5) is 4.39 Å². The van der Waals surface area contributed by atoms with Gasteiger partial charge in [-0.05, 0) is 115 Å². The number of hydrogen-bond acceptors (Lipinski definition) is 12. The SMILES string of the molecule is O=C(CCOCCOCCCC(=O)c1ccc(C(=O)O)c(-c2c3ccc(=O)cc-3oc3cc(O)ccc23)c1)NCCCCCCCCOc1ccc(Cc2cc3c(Cc4ccccc4)nc(-c4ccc(O)cc4)cn3c2O)cc1F. The van der Waals surface area contributed by atoms with Gasteiger partial charge in [0.05, 0.1) is 48.9 Å². The normalized spacial score (nSPS) is 11.4. The van der Waals surface area contributed by atoms with E-state index in [1.165, 1.54) is 48.5 Å². The molecule has 0 saturated heterocycles. The number of nitrogens with one attached hydrogen (secondary N) is 1. The Bertz CT molecular complexity index is 3650. The van der Waals surface area contributed by atoms with Crippen LogP contribution in [0, 0.1) is 5.82 Å². The summed E-state index contributed by atoms with van der Waals surface area (Å²) in [6.45, 7) is 2.06. The van der Waals surface area contributed by atoms with Crippen molar-refractivity contribution in [1.82, 2.24) is 14.7 Å². The molecule has 7 aromatic rings. The topological polar surface area (TPSA) is 219 Å². The van der Waals surface area contributed by atoms with Crippen LogP contribution in [-0.2, 0) is 27.1 Å². The number of unbranched alkanes of at least 4 members (excludes halogenated alkanes) is 5. The van der Waals surface area contributed by atoms with Gasteiger partial charge < -0.3 is 44.4 Å². The first-order valence-corrected chi connectivity index (χ1v) is 26.9. The van der Waals surface area contributed by atoms with E-state index in [-0.39, 0.29) is 95.4 Å². The van der Waals surface area contributed by atoms with E-state index in [0.717, 1.165) is 60.9 Å². The number of Topliss-reactive ketones (excluding diaryl/α,β-unsaturated/α-hetero) is 1. The highest BCUT2D eigenvalue weighted by Gasteiger charge is 2.24. The van der Waals surface area contributed by atoms with Gasteiger partial charge in [-0.3, -0.25) is 18.8 Å². The smallest absolute Gasteiger partial charge is 0.336 e. The van der Waals surface area contributed by atoms with E-state index in [9.17, 15) is 39.6 Å². The lowest BCUT2D eigenvalue weighted by Gasteiger charge is -2.17. The summed E-state index contributed by atoms with van der Waals surface area (Å²) in [7, 11) is 0. The lowest BCUT2D eigenvalue weighted by atomic mass is 9.89. The summed E-state index contributed by atoms with van der Waals surface area (Å²) in [4.78, 5) is 55.2. The van der Waals surface area contributed by atoms with Crippen molar-refractivity contribution in [2.75, 3.05) is 39.6 Å². The summed E-state index contributed by atoms with van der Waals surface area (Å²) in [6.07, 6.45) is 8.90. The van der Waals surface area contributed by atoms with E-state index in [1.54, 1.807) is 53.1 Å². The molecule has 16 heteroatoms. The minimum atomic E-state index is -1.20. The number of fused-ring (bicyclic) bond motifs is 3. The number of benzene rings is 6. The lowest BCUT2D eigenvalue weighted by molar-refractivity contribution is -0.122. The van der Waals surface area contributed by atoms with Gasteiger partial charge in [0.2, 0.25) is 5.91 Å². The number of carboxylic acids is 1. The van der Waals surface area contributed by atoms with Crippen molar-refractivity contribution < 1.29 is 57.8 Å². The molecule has 9 rings (SSSR count). The highest BCUT2D eigenvalue weighted by molar-refractivity contribution is 6.09. The van der Waals surface area contributed by atoms with Crippen molar-refractivity contribution in [3.8, 4) is 56.8 Å². The van der Waals surface area contributed by atoms with Crippen molar-refractivity contribution in [1.29, 1.82) is 0 Å². The van der Waals surface area contributed by atoms with E-state index >= 15 is 4.39 Å². The Morgan fingerprint density at radius 3 is 2.21 bits per heavy atom. The van der Waals surface area contributed by atoms with Crippen molar-refractivity contribution in [3.63, 3.8) is 0 Å². The molecule has 0 bridgehead atoms. The van der Waals surface area contributed by atoms with Gasteiger partial charge in [-0.1, -0.05) is 68.1 Å². The molecule has 1 aliphatic carbocycles. The molecule has 0 unspecified atom stereocenters. The van der Waals surface area contributed by atoms with Crippen LogP contribution < -0.4 is 15.5 Å². The zero-order valence-corrected chi connectivity index (χ0v) is 44.1. The molecule has 2 aliphatic rings. The van der Waals surface area contributed by atoms with Crippen LogP contribution >= 0.6 is 0 Å².